The molecule has 1 aromatic heterocycles. The number of hydrazone groups is 1. The first-order valence-electron chi connectivity index (χ1n) is 7.91. The molecule has 0 radical (unpaired) electrons. The van der Waals surface area contributed by atoms with Crippen LogP contribution in [0.3, 0.4) is 0 Å². The minimum Gasteiger partial charge on any atom is -0.310 e. The van der Waals surface area contributed by atoms with Crippen LogP contribution in [0.2, 0.25) is 0 Å². The molecule has 0 fully saturated rings. The highest BCUT2D eigenvalue weighted by atomic mass is 16.2. The van der Waals surface area contributed by atoms with Gasteiger partial charge in [0.2, 0.25) is 5.95 Å². The van der Waals surface area contributed by atoms with Crippen LogP contribution in [-0.2, 0) is 11.8 Å². The number of hydrogen-bond donors (Lipinski definition) is 0. The molecular formula is C18H16N6O. The lowest BCUT2D eigenvalue weighted by Gasteiger charge is -2.11. The van der Waals surface area contributed by atoms with Crippen LogP contribution in [0.1, 0.15) is 6.92 Å². The molecule has 1 aliphatic rings. The normalized spacial score (nSPS) is 17.7. The third-order valence-electron chi connectivity index (χ3n) is 4.12. The van der Waals surface area contributed by atoms with Gasteiger partial charge in [-0.1, -0.05) is 30.3 Å². The van der Waals surface area contributed by atoms with Gasteiger partial charge >= 0.3 is 0 Å². The molecule has 2 aromatic carbocycles. The third-order valence-corrected chi connectivity index (χ3v) is 4.12. The fourth-order valence-electron chi connectivity index (χ4n) is 2.77. The second-order valence-corrected chi connectivity index (χ2v) is 5.80. The quantitative estimate of drug-likeness (QED) is 0.689. The summed E-state index contributed by atoms with van der Waals surface area (Å²) in [6.07, 6.45) is 0. The number of benzene rings is 2. The molecule has 7 nitrogen and oxygen atoms in total. The summed E-state index contributed by atoms with van der Waals surface area (Å²) >= 11 is 0. The molecule has 3 aromatic rings. The Balaban J connectivity index is 1.62. The second-order valence-electron chi connectivity index (χ2n) is 5.80. The van der Waals surface area contributed by atoms with Crippen molar-refractivity contribution in [3.8, 4) is 0 Å². The van der Waals surface area contributed by atoms with Crippen LogP contribution in [0.4, 0.5) is 11.6 Å². The number of anilines is 1. The number of rotatable bonds is 3. The molecule has 1 atom stereocenters. The van der Waals surface area contributed by atoms with E-state index < -0.39 is 6.04 Å². The van der Waals surface area contributed by atoms with Crippen LogP contribution in [0, 0.1) is 0 Å². The van der Waals surface area contributed by atoms with Crippen LogP contribution in [0.25, 0.3) is 11.0 Å². The average molecular weight is 332 g/mol. The number of amides is 1. The highest BCUT2D eigenvalue weighted by Crippen LogP contribution is 2.24. The zero-order valence-corrected chi connectivity index (χ0v) is 13.9. The number of carbonyl (C=O) groups is 1. The Kier molecular flexibility index (Phi) is 3.61. The van der Waals surface area contributed by atoms with Crippen LogP contribution in [0.15, 0.2) is 69.9 Å². The SMILES string of the molecule is CC1=NN(c2ccccc2)C(=O)C1N=Nc1nc2ccccc2n1C. The van der Waals surface area contributed by atoms with Crippen molar-refractivity contribution in [2.24, 2.45) is 22.4 Å². The van der Waals surface area contributed by atoms with E-state index in [9.17, 15) is 4.79 Å². The smallest absolute Gasteiger partial charge is 0.280 e. The van der Waals surface area contributed by atoms with Crippen molar-refractivity contribution in [2.45, 2.75) is 13.0 Å². The Morgan fingerprint density at radius 3 is 2.52 bits per heavy atom. The van der Waals surface area contributed by atoms with E-state index in [1.54, 1.807) is 6.92 Å². The van der Waals surface area contributed by atoms with Crippen molar-refractivity contribution < 1.29 is 4.79 Å². The van der Waals surface area contributed by atoms with Crippen LogP contribution < -0.4 is 5.01 Å². The number of aryl methyl sites for hydroxylation is 1. The Hall–Kier alpha value is -3.35. The number of fused-ring (bicyclic) bond motifs is 1. The van der Waals surface area contributed by atoms with E-state index in [4.69, 9.17) is 0 Å². The van der Waals surface area contributed by atoms with E-state index >= 15 is 0 Å². The zero-order valence-electron chi connectivity index (χ0n) is 13.9. The van der Waals surface area contributed by atoms with Gasteiger partial charge in [0.05, 0.1) is 22.4 Å². The van der Waals surface area contributed by atoms with Gasteiger partial charge in [0.15, 0.2) is 6.04 Å². The number of hydrogen-bond acceptors (Lipinski definition) is 5. The molecule has 7 heteroatoms. The van der Waals surface area contributed by atoms with Gasteiger partial charge < -0.3 is 4.57 Å². The van der Waals surface area contributed by atoms with E-state index in [0.29, 0.717) is 17.3 Å². The minimum atomic E-state index is -0.722. The Morgan fingerprint density at radius 2 is 1.76 bits per heavy atom. The molecule has 25 heavy (non-hydrogen) atoms. The van der Waals surface area contributed by atoms with Crippen molar-refractivity contribution in [3.63, 3.8) is 0 Å². The lowest BCUT2D eigenvalue weighted by Crippen LogP contribution is -2.29. The number of carbonyl (C=O) groups excluding carboxylic acids is 1. The van der Waals surface area contributed by atoms with Crippen molar-refractivity contribution in [3.05, 3.63) is 54.6 Å². The fourth-order valence-corrected chi connectivity index (χ4v) is 2.77. The van der Waals surface area contributed by atoms with Crippen molar-refractivity contribution in [1.29, 1.82) is 0 Å². The second kappa shape index (κ2) is 5.94. The monoisotopic (exact) mass is 332 g/mol. The Morgan fingerprint density at radius 1 is 1.04 bits per heavy atom. The summed E-state index contributed by atoms with van der Waals surface area (Å²) in [4.78, 5) is 17.1. The number of nitrogens with zero attached hydrogens (tertiary/aromatic N) is 6. The molecule has 2 heterocycles. The predicted octanol–water partition coefficient (Wildman–Crippen LogP) is 3.45. The lowest BCUT2D eigenvalue weighted by molar-refractivity contribution is -0.117. The summed E-state index contributed by atoms with van der Waals surface area (Å²) in [6, 6.07) is 16.3. The van der Waals surface area contributed by atoms with Crippen molar-refractivity contribution in [1.82, 2.24) is 9.55 Å². The molecule has 4 rings (SSSR count). The zero-order chi connectivity index (χ0) is 17.4. The molecular weight excluding hydrogens is 316 g/mol. The van der Waals surface area contributed by atoms with Gasteiger partial charge in [-0.15, -0.1) is 5.11 Å². The maximum Gasteiger partial charge on any atom is 0.280 e. The minimum absolute atomic E-state index is 0.216. The van der Waals surface area contributed by atoms with Crippen molar-refractivity contribution >= 4 is 34.3 Å². The molecule has 0 aliphatic carbocycles. The third kappa shape index (κ3) is 2.59. The molecule has 1 amide bonds. The van der Waals surface area contributed by atoms with Gasteiger partial charge in [0.25, 0.3) is 5.91 Å². The van der Waals surface area contributed by atoms with Crippen LogP contribution >= 0.6 is 0 Å². The number of para-hydroxylation sites is 3. The number of azo groups is 1. The highest BCUT2D eigenvalue weighted by molar-refractivity contribution is 6.18. The maximum atomic E-state index is 12.6. The van der Waals surface area contributed by atoms with Gasteiger partial charge in [-0.3, -0.25) is 4.79 Å². The highest BCUT2D eigenvalue weighted by Gasteiger charge is 2.34. The largest absolute Gasteiger partial charge is 0.310 e. The first-order chi connectivity index (χ1) is 12.1. The van der Waals surface area contributed by atoms with Crippen LogP contribution in [-0.4, -0.2) is 27.2 Å². The lowest BCUT2D eigenvalue weighted by atomic mass is 10.2. The molecule has 1 aliphatic heterocycles. The Bertz CT molecular complexity index is 1000. The van der Waals surface area contributed by atoms with Gasteiger partial charge in [0.1, 0.15) is 0 Å². The number of aromatic nitrogens is 2. The molecule has 0 saturated carbocycles. The summed E-state index contributed by atoms with van der Waals surface area (Å²) in [6.45, 7) is 1.78. The van der Waals surface area contributed by atoms with Gasteiger partial charge in [0, 0.05) is 7.05 Å². The first kappa shape index (κ1) is 15.2. The summed E-state index contributed by atoms with van der Waals surface area (Å²) in [7, 11) is 1.87. The van der Waals surface area contributed by atoms with E-state index in [0.717, 1.165) is 11.0 Å². The summed E-state index contributed by atoms with van der Waals surface area (Å²) < 4.78 is 1.85. The molecule has 0 bridgehead atoms. The van der Waals surface area contributed by atoms with E-state index in [1.165, 1.54) is 5.01 Å². The number of imidazole rings is 1. The molecule has 0 spiro atoms. The average Bonchev–Trinajstić information content (AvgIpc) is 3.11. The molecule has 124 valence electrons. The maximum absolute atomic E-state index is 12.6. The fraction of sp³-hybridized carbons (Fsp3) is 0.167. The van der Waals surface area contributed by atoms with E-state index in [2.05, 4.69) is 20.3 Å². The molecule has 0 N–H and O–H groups in total. The molecule has 0 saturated heterocycles. The van der Waals surface area contributed by atoms with Crippen molar-refractivity contribution in [2.75, 3.05) is 5.01 Å². The summed E-state index contributed by atoms with van der Waals surface area (Å²) in [5.74, 6) is 0.242. The summed E-state index contributed by atoms with van der Waals surface area (Å²) in [5.41, 5.74) is 3.13. The topological polar surface area (TPSA) is 75.2 Å². The van der Waals surface area contributed by atoms with Crippen LogP contribution in [0.5, 0.6) is 0 Å². The van der Waals surface area contributed by atoms with Gasteiger partial charge in [-0.2, -0.15) is 15.2 Å². The first-order valence-corrected chi connectivity index (χ1v) is 7.91. The van der Waals surface area contributed by atoms with E-state index in [-0.39, 0.29) is 5.91 Å². The van der Waals surface area contributed by atoms with E-state index in [1.807, 2.05) is 66.2 Å². The standard InChI is InChI=1S/C18H16N6O/c1-12-16(17(25)24(22-12)13-8-4-3-5-9-13)20-21-18-19-14-10-6-7-11-15(14)23(18)2/h3-11,16H,1-2H3. The predicted molar refractivity (Wildman–Crippen MR) is 96.1 cm³/mol. The molecule has 1 unspecified atom stereocenters. The summed E-state index contributed by atoms with van der Waals surface area (Å²) in [5, 5.41) is 14.1. The van der Waals surface area contributed by atoms with Gasteiger partial charge in [-0.05, 0) is 31.2 Å². The van der Waals surface area contributed by atoms with Gasteiger partial charge in [-0.25, -0.2) is 4.98 Å². The Labute approximate surface area is 144 Å².